The van der Waals surface area contributed by atoms with Gasteiger partial charge in [-0.3, -0.25) is 4.79 Å². The summed E-state index contributed by atoms with van der Waals surface area (Å²) in [4.78, 5) is 10.8. The van der Waals surface area contributed by atoms with E-state index in [0.29, 0.717) is 17.1 Å². The standard InChI is InChI=1S/C18H18O3/c19-13-14-6-5-9-16(12-14)21-18-11-4-3-10-17(18)20-15-7-1-2-8-15/h3-6,9-13,15H,1-2,7-8H2. The van der Waals surface area contributed by atoms with Crippen molar-refractivity contribution >= 4 is 6.29 Å². The Bertz CT molecular complexity index is 615. The second-order valence-corrected chi connectivity index (χ2v) is 5.26. The number of ether oxygens (including phenoxy) is 2. The molecule has 3 nitrogen and oxygen atoms in total. The van der Waals surface area contributed by atoms with Crippen LogP contribution in [0.5, 0.6) is 17.2 Å². The Morgan fingerprint density at radius 3 is 2.48 bits per heavy atom. The molecule has 0 saturated heterocycles. The van der Waals surface area contributed by atoms with Crippen LogP contribution in [0.1, 0.15) is 36.0 Å². The molecule has 0 N–H and O–H groups in total. The maximum Gasteiger partial charge on any atom is 0.169 e. The van der Waals surface area contributed by atoms with E-state index < -0.39 is 0 Å². The summed E-state index contributed by atoms with van der Waals surface area (Å²) in [5.41, 5.74) is 0.599. The molecule has 2 aromatic carbocycles. The maximum atomic E-state index is 10.8. The molecule has 0 atom stereocenters. The Balaban J connectivity index is 1.79. The summed E-state index contributed by atoms with van der Waals surface area (Å²) in [6.45, 7) is 0. The van der Waals surface area contributed by atoms with Gasteiger partial charge in [-0.1, -0.05) is 24.3 Å². The zero-order valence-electron chi connectivity index (χ0n) is 11.8. The van der Waals surface area contributed by atoms with Crippen molar-refractivity contribution in [3.63, 3.8) is 0 Å². The highest BCUT2D eigenvalue weighted by atomic mass is 16.5. The largest absolute Gasteiger partial charge is 0.487 e. The molecule has 0 radical (unpaired) electrons. The summed E-state index contributed by atoms with van der Waals surface area (Å²) in [5.74, 6) is 2.09. The van der Waals surface area contributed by atoms with Gasteiger partial charge in [0.25, 0.3) is 0 Å². The van der Waals surface area contributed by atoms with Gasteiger partial charge in [0.1, 0.15) is 12.0 Å². The lowest BCUT2D eigenvalue weighted by molar-refractivity contribution is 0.112. The van der Waals surface area contributed by atoms with E-state index in [2.05, 4.69) is 0 Å². The summed E-state index contributed by atoms with van der Waals surface area (Å²) >= 11 is 0. The second-order valence-electron chi connectivity index (χ2n) is 5.26. The fraction of sp³-hybridized carbons (Fsp3) is 0.278. The topological polar surface area (TPSA) is 35.5 Å². The van der Waals surface area contributed by atoms with Gasteiger partial charge >= 0.3 is 0 Å². The molecule has 3 rings (SSSR count). The molecule has 0 spiro atoms. The smallest absolute Gasteiger partial charge is 0.169 e. The van der Waals surface area contributed by atoms with Crippen molar-refractivity contribution in [3.8, 4) is 17.2 Å². The summed E-state index contributed by atoms with van der Waals surface area (Å²) in [7, 11) is 0. The molecule has 3 heteroatoms. The zero-order valence-corrected chi connectivity index (χ0v) is 11.8. The number of hydrogen-bond donors (Lipinski definition) is 0. The average molecular weight is 282 g/mol. The third-order valence-electron chi connectivity index (χ3n) is 3.67. The van der Waals surface area contributed by atoms with E-state index in [4.69, 9.17) is 9.47 Å². The minimum Gasteiger partial charge on any atom is -0.487 e. The van der Waals surface area contributed by atoms with Crippen molar-refractivity contribution in [1.29, 1.82) is 0 Å². The Labute approximate surface area is 124 Å². The van der Waals surface area contributed by atoms with Crippen LogP contribution in [0.2, 0.25) is 0 Å². The number of carbonyl (C=O) groups is 1. The number of carbonyl (C=O) groups excluding carboxylic acids is 1. The van der Waals surface area contributed by atoms with E-state index in [1.807, 2.05) is 30.3 Å². The molecule has 0 bridgehead atoms. The van der Waals surface area contributed by atoms with E-state index in [0.717, 1.165) is 24.9 Å². The first-order valence-corrected chi connectivity index (χ1v) is 7.34. The first-order valence-electron chi connectivity index (χ1n) is 7.34. The fourth-order valence-electron chi connectivity index (χ4n) is 2.60. The molecule has 0 amide bonds. The molecule has 108 valence electrons. The quantitative estimate of drug-likeness (QED) is 0.751. The lowest BCUT2D eigenvalue weighted by Crippen LogP contribution is -2.11. The highest BCUT2D eigenvalue weighted by Crippen LogP contribution is 2.34. The molecule has 1 aliphatic rings. The molecule has 0 aliphatic heterocycles. The van der Waals surface area contributed by atoms with Crippen molar-refractivity contribution in [3.05, 3.63) is 54.1 Å². The van der Waals surface area contributed by atoms with Crippen LogP contribution in [0.4, 0.5) is 0 Å². The third kappa shape index (κ3) is 3.43. The first-order chi connectivity index (χ1) is 10.3. The molecule has 21 heavy (non-hydrogen) atoms. The van der Waals surface area contributed by atoms with E-state index >= 15 is 0 Å². The Morgan fingerprint density at radius 2 is 1.71 bits per heavy atom. The molecule has 0 aromatic heterocycles. The maximum absolute atomic E-state index is 10.8. The van der Waals surface area contributed by atoms with Gasteiger partial charge in [-0.2, -0.15) is 0 Å². The Morgan fingerprint density at radius 1 is 0.952 bits per heavy atom. The fourth-order valence-corrected chi connectivity index (χ4v) is 2.60. The normalized spacial score (nSPS) is 14.9. The minimum absolute atomic E-state index is 0.288. The molecule has 1 aliphatic carbocycles. The van der Waals surface area contributed by atoms with E-state index in [1.54, 1.807) is 18.2 Å². The number of hydrogen-bond acceptors (Lipinski definition) is 3. The number of para-hydroxylation sites is 2. The van der Waals surface area contributed by atoms with Crippen LogP contribution >= 0.6 is 0 Å². The van der Waals surface area contributed by atoms with Gasteiger partial charge < -0.3 is 9.47 Å². The van der Waals surface area contributed by atoms with Gasteiger partial charge in [0.05, 0.1) is 6.10 Å². The van der Waals surface area contributed by atoms with Crippen LogP contribution < -0.4 is 9.47 Å². The molecule has 0 heterocycles. The van der Waals surface area contributed by atoms with Crippen molar-refractivity contribution < 1.29 is 14.3 Å². The summed E-state index contributed by atoms with van der Waals surface area (Å²) in [6.07, 6.45) is 5.78. The van der Waals surface area contributed by atoms with E-state index in [-0.39, 0.29) is 6.10 Å². The van der Waals surface area contributed by atoms with Crippen molar-refractivity contribution in [2.75, 3.05) is 0 Å². The zero-order chi connectivity index (χ0) is 14.5. The minimum atomic E-state index is 0.288. The number of aldehydes is 1. The predicted molar refractivity (Wildman–Crippen MR) is 81.2 cm³/mol. The van der Waals surface area contributed by atoms with Gasteiger partial charge in [0.2, 0.25) is 0 Å². The van der Waals surface area contributed by atoms with Crippen molar-refractivity contribution in [2.45, 2.75) is 31.8 Å². The highest BCUT2D eigenvalue weighted by molar-refractivity contribution is 5.75. The molecule has 1 fully saturated rings. The monoisotopic (exact) mass is 282 g/mol. The summed E-state index contributed by atoms with van der Waals surface area (Å²) < 4.78 is 11.9. The lowest BCUT2D eigenvalue weighted by Gasteiger charge is -2.16. The molecule has 0 unspecified atom stereocenters. The van der Waals surface area contributed by atoms with Crippen LogP contribution in [-0.2, 0) is 0 Å². The van der Waals surface area contributed by atoms with Crippen LogP contribution in [0.15, 0.2) is 48.5 Å². The van der Waals surface area contributed by atoms with E-state index in [1.165, 1.54) is 12.8 Å². The molecule has 1 saturated carbocycles. The summed E-state index contributed by atoms with van der Waals surface area (Å²) in [5, 5.41) is 0. The Kier molecular flexibility index (Phi) is 4.20. The first kappa shape index (κ1) is 13.7. The average Bonchev–Trinajstić information content (AvgIpc) is 3.02. The van der Waals surface area contributed by atoms with E-state index in [9.17, 15) is 4.79 Å². The van der Waals surface area contributed by atoms with Crippen LogP contribution in [-0.4, -0.2) is 12.4 Å². The Hall–Kier alpha value is -2.29. The van der Waals surface area contributed by atoms with Gasteiger partial charge in [-0.05, 0) is 49.9 Å². The highest BCUT2D eigenvalue weighted by Gasteiger charge is 2.18. The van der Waals surface area contributed by atoms with Crippen LogP contribution in [0.25, 0.3) is 0 Å². The van der Waals surface area contributed by atoms with Gasteiger partial charge in [-0.25, -0.2) is 0 Å². The van der Waals surface area contributed by atoms with Gasteiger partial charge in [0, 0.05) is 5.56 Å². The second kappa shape index (κ2) is 6.44. The molecule has 2 aromatic rings. The third-order valence-corrected chi connectivity index (χ3v) is 3.67. The van der Waals surface area contributed by atoms with Gasteiger partial charge in [-0.15, -0.1) is 0 Å². The SMILES string of the molecule is O=Cc1cccc(Oc2ccccc2OC2CCCC2)c1. The van der Waals surface area contributed by atoms with Crippen molar-refractivity contribution in [1.82, 2.24) is 0 Å². The van der Waals surface area contributed by atoms with Crippen LogP contribution in [0.3, 0.4) is 0 Å². The predicted octanol–water partition coefficient (Wildman–Crippen LogP) is 4.61. The molecular weight excluding hydrogens is 264 g/mol. The van der Waals surface area contributed by atoms with Gasteiger partial charge in [0.15, 0.2) is 11.5 Å². The van der Waals surface area contributed by atoms with Crippen LogP contribution in [0, 0.1) is 0 Å². The number of rotatable bonds is 5. The summed E-state index contributed by atoms with van der Waals surface area (Å²) in [6, 6.07) is 14.8. The molecular formula is C18H18O3. The lowest BCUT2D eigenvalue weighted by atomic mass is 10.2. The van der Waals surface area contributed by atoms with Crippen molar-refractivity contribution in [2.24, 2.45) is 0 Å². The number of benzene rings is 2.